The molecule has 46 heavy (non-hydrogen) atoms. The molecular weight excluding hydrogens is 600 g/mol. The van der Waals surface area contributed by atoms with E-state index in [1.807, 2.05) is 12.1 Å². The first kappa shape index (κ1) is 30.6. The molecule has 3 aromatic heterocycles. The van der Waals surface area contributed by atoms with E-state index in [1.54, 1.807) is 41.5 Å². The maximum absolute atomic E-state index is 13.3. The number of allylic oxidation sites excluding steroid dienone is 1. The van der Waals surface area contributed by atoms with Gasteiger partial charge in [-0.05, 0) is 75.2 Å². The monoisotopic (exact) mass is 642 g/mol. The number of hydrogen-bond donors (Lipinski definition) is 1. The third-order valence-electron chi connectivity index (χ3n) is 9.58. The summed E-state index contributed by atoms with van der Waals surface area (Å²) in [6, 6.07) is 15.0. The molecule has 6 heterocycles. The summed E-state index contributed by atoms with van der Waals surface area (Å²) in [4.78, 5) is 34.9. The van der Waals surface area contributed by atoms with Gasteiger partial charge in [-0.15, -0.1) is 6.58 Å². The fraction of sp³-hybridized carbons (Fsp3) is 0.455. The van der Waals surface area contributed by atoms with Crippen molar-refractivity contribution >= 4 is 43.9 Å². The SMILES string of the molecule is C=CCn1c(=O)c2cnc(Nc3ccc(N4CCC(N(C)C5CN6CCC5C6)CC4)cc3)nc2n1-c1cccc(N=S(C)(C)=O)n1. The molecule has 2 bridgehead atoms. The van der Waals surface area contributed by atoms with E-state index < -0.39 is 9.73 Å². The molecule has 0 saturated carbocycles. The molecule has 0 spiro atoms. The molecule has 242 valence electrons. The molecule has 0 radical (unpaired) electrons. The van der Waals surface area contributed by atoms with Gasteiger partial charge in [-0.2, -0.15) is 9.35 Å². The maximum atomic E-state index is 13.3. The molecular formula is C33H42N10O2S. The molecule has 3 unspecified atom stereocenters. The molecule has 12 nitrogen and oxygen atoms in total. The number of fused-ring (bicyclic) bond motifs is 3. The Morgan fingerprint density at radius 2 is 1.85 bits per heavy atom. The summed E-state index contributed by atoms with van der Waals surface area (Å²) in [7, 11) is -0.0724. The van der Waals surface area contributed by atoms with Crippen LogP contribution in [0.15, 0.2) is 70.5 Å². The average molecular weight is 643 g/mol. The van der Waals surface area contributed by atoms with Crippen molar-refractivity contribution in [3.63, 3.8) is 0 Å². The maximum Gasteiger partial charge on any atom is 0.278 e. The van der Waals surface area contributed by atoms with Gasteiger partial charge in [0.1, 0.15) is 5.39 Å². The number of nitrogens with one attached hydrogen (secondary N) is 1. The van der Waals surface area contributed by atoms with Crippen LogP contribution in [-0.2, 0) is 16.3 Å². The van der Waals surface area contributed by atoms with Crippen LogP contribution in [0.5, 0.6) is 0 Å². The summed E-state index contributed by atoms with van der Waals surface area (Å²) < 4.78 is 19.7. The third kappa shape index (κ3) is 6.06. The lowest BCUT2D eigenvalue weighted by molar-refractivity contribution is 0.111. The summed E-state index contributed by atoms with van der Waals surface area (Å²) in [6.07, 6.45) is 10.0. The van der Waals surface area contributed by atoms with Crippen LogP contribution in [-0.4, -0.2) is 103 Å². The van der Waals surface area contributed by atoms with Crippen molar-refractivity contribution in [1.82, 2.24) is 34.1 Å². The van der Waals surface area contributed by atoms with Gasteiger partial charge in [0.15, 0.2) is 17.3 Å². The number of anilines is 3. The van der Waals surface area contributed by atoms with E-state index in [2.05, 4.69) is 60.1 Å². The number of benzene rings is 1. The van der Waals surface area contributed by atoms with Crippen LogP contribution in [0.4, 0.5) is 23.1 Å². The highest BCUT2D eigenvalue weighted by molar-refractivity contribution is 7.92. The molecule has 0 aliphatic carbocycles. The van der Waals surface area contributed by atoms with Crippen LogP contribution in [0.25, 0.3) is 16.9 Å². The van der Waals surface area contributed by atoms with E-state index in [0.29, 0.717) is 34.7 Å². The highest BCUT2D eigenvalue weighted by atomic mass is 32.2. The fourth-order valence-corrected chi connectivity index (χ4v) is 7.87. The van der Waals surface area contributed by atoms with E-state index in [4.69, 9.17) is 4.98 Å². The van der Waals surface area contributed by atoms with Crippen LogP contribution in [0, 0.1) is 5.92 Å². The lowest BCUT2D eigenvalue weighted by Crippen LogP contribution is -2.50. The second kappa shape index (κ2) is 12.3. The Kier molecular flexibility index (Phi) is 8.16. The van der Waals surface area contributed by atoms with Crippen molar-refractivity contribution in [3.8, 4) is 5.82 Å². The normalized spacial score (nSPS) is 21.7. The number of aromatic nitrogens is 5. The summed E-state index contributed by atoms with van der Waals surface area (Å²) in [5.41, 5.74) is 2.20. The number of nitrogens with zero attached hydrogens (tertiary/aromatic N) is 9. The molecule has 3 aliphatic rings. The van der Waals surface area contributed by atoms with Gasteiger partial charge in [-0.25, -0.2) is 23.5 Å². The smallest absolute Gasteiger partial charge is 0.278 e. The first-order valence-corrected chi connectivity index (χ1v) is 18.3. The van der Waals surface area contributed by atoms with Gasteiger partial charge in [0.25, 0.3) is 5.56 Å². The average Bonchev–Trinajstić information content (AvgIpc) is 3.75. The van der Waals surface area contributed by atoms with Crippen LogP contribution in [0.3, 0.4) is 0 Å². The first-order chi connectivity index (χ1) is 22.2. The Balaban J connectivity index is 1.08. The van der Waals surface area contributed by atoms with Crippen molar-refractivity contribution < 1.29 is 4.21 Å². The minimum atomic E-state index is -2.42. The minimum absolute atomic E-state index is 0.244. The summed E-state index contributed by atoms with van der Waals surface area (Å²) in [5, 5.41) is 3.66. The number of likely N-dealkylation sites (N-methyl/N-ethyl adjacent to an activating group) is 1. The predicted octanol–water partition coefficient (Wildman–Crippen LogP) is 3.87. The zero-order valence-corrected chi connectivity index (χ0v) is 27.6. The zero-order chi connectivity index (χ0) is 32.0. The van der Waals surface area contributed by atoms with Crippen LogP contribution in [0.1, 0.15) is 19.3 Å². The van der Waals surface area contributed by atoms with E-state index in [0.717, 1.165) is 30.7 Å². The number of rotatable bonds is 9. The van der Waals surface area contributed by atoms with Gasteiger partial charge in [-0.3, -0.25) is 9.69 Å². The highest BCUT2D eigenvalue weighted by Gasteiger charge is 2.42. The van der Waals surface area contributed by atoms with Gasteiger partial charge in [0.05, 0.1) is 6.54 Å². The second-order valence-corrected chi connectivity index (χ2v) is 15.5. The Morgan fingerprint density at radius 3 is 2.52 bits per heavy atom. The molecule has 7 rings (SSSR count). The molecule has 4 aromatic rings. The van der Waals surface area contributed by atoms with E-state index in [-0.39, 0.29) is 12.1 Å². The molecule has 1 aromatic carbocycles. The van der Waals surface area contributed by atoms with Crippen molar-refractivity contribution in [2.24, 2.45) is 10.3 Å². The standard InChI is InChI=1S/C33H42N10O2S/c1-5-16-42-32(44)27-20-34-33(37-31(27)43(42)30-8-6-7-29(36-30)38-46(3,4)45)35-24-9-11-26(12-10-24)41-18-14-25(15-19-41)39(2)28-22-40-17-13-23(28)21-40/h5-12,20,23,25,28H,1,13-19,21-22H2,2-4H3,(H,34,35,37). The largest absolute Gasteiger partial charge is 0.371 e. The van der Waals surface area contributed by atoms with E-state index in [1.165, 1.54) is 55.5 Å². The Hall–Kier alpha value is -4.07. The molecule has 1 N–H and O–H groups in total. The fourth-order valence-electron chi connectivity index (χ4n) is 7.32. The van der Waals surface area contributed by atoms with E-state index >= 15 is 0 Å². The van der Waals surface area contributed by atoms with Gasteiger partial charge in [0.2, 0.25) is 5.95 Å². The quantitative estimate of drug-likeness (QED) is 0.272. The van der Waals surface area contributed by atoms with Crippen molar-refractivity contribution in [1.29, 1.82) is 0 Å². The van der Waals surface area contributed by atoms with Crippen molar-refractivity contribution in [3.05, 3.63) is 71.7 Å². The second-order valence-electron chi connectivity index (χ2n) is 13.0. The van der Waals surface area contributed by atoms with Gasteiger partial charge >= 0.3 is 0 Å². The van der Waals surface area contributed by atoms with Crippen LogP contribution in [0.2, 0.25) is 0 Å². The van der Waals surface area contributed by atoms with Crippen LogP contribution >= 0.6 is 0 Å². The Bertz CT molecular complexity index is 1930. The lowest BCUT2D eigenvalue weighted by atomic mass is 9.94. The third-order valence-corrected chi connectivity index (χ3v) is 10.2. The number of hydrogen-bond acceptors (Lipinski definition) is 10. The predicted molar refractivity (Wildman–Crippen MR) is 184 cm³/mol. The molecule has 3 fully saturated rings. The van der Waals surface area contributed by atoms with Gasteiger partial charge < -0.3 is 15.1 Å². The topological polar surface area (TPSA) is 117 Å². The molecule has 3 saturated heterocycles. The minimum Gasteiger partial charge on any atom is -0.371 e. The van der Waals surface area contributed by atoms with E-state index in [9.17, 15) is 9.00 Å². The summed E-state index contributed by atoms with van der Waals surface area (Å²) >= 11 is 0. The number of piperidine rings is 2. The molecule has 13 heteroatoms. The summed E-state index contributed by atoms with van der Waals surface area (Å²) in [5.74, 6) is 1.95. The Labute approximate surface area is 269 Å². The first-order valence-electron chi connectivity index (χ1n) is 16.0. The lowest BCUT2D eigenvalue weighted by Gasteiger charge is -2.42. The molecule has 0 amide bonds. The van der Waals surface area contributed by atoms with Crippen molar-refractivity contribution in [2.45, 2.75) is 37.9 Å². The van der Waals surface area contributed by atoms with Gasteiger partial charge in [0, 0.05) is 78.1 Å². The Morgan fingerprint density at radius 1 is 1.07 bits per heavy atom. The van der Waals surface area contributed by atoms with Crippen molar-refractivity contribution in [2.75, 3.05) is 62.5 Å². The molecule has 3 atom stereocenters. The summed E-state index contributed by atoms with van der Waals surface area (Å²) in [6.45, 7) is 9.98. The molecule has 3 aliphatic heterocycles. The zero-order valence-electron chi connectivity index (χ0n) is 26.7. The van der Waals surface area contributed by atoms with Crippen LogP contribution < -0.4 is 15.8 Å². The van der Waals surface area contributed by atoms with Gasteiger partial charge in [-0.1, -0.05) is 12.1 Å². The number of pyridine rings is 1. The highest BCUT2D eigenvalue weighted by Crippen LogP contribution is 2.34.